The van der Waals surface area contributed by atoms with Gasteiger partial charge in [0.1, 0.15) is 18.2 Å². The zero-order valence-electron chi connectivity index (χ0n) is 13.6. The van der Waals surface area contributed by atoms with Gasteiger partial charge in [0.2, 0.25) is 0 Å². The molecule has 3 nitrogen and oxygen atoms in total. The molecule has 0 saturated heterocycles. The van der Waals surface area contributed by atoms with Crippen molar-refractivity contribution in [2.24, 2.45) is 0 Å². The molecule has 2 N–H and O–H groups in total. The highest BCUT2D eigenvalue weighted by molar-refractivity contribution is 6.38. The number of benzene rings is 2. The number of fused-ring (bicyclic) bond motifs is 1. The first-order valence-electron chi connectivity index (χ1n) is 8.04. The summed E-state index contributed by atoms with van der Waals surface area (Å²) in [5.74, 6) is 0.392. The van der Waals surface area contributed by atoms with E-state index in [0.717, 1.165) is 23.7 Å². The van der Waals surface area contributed by atoms with Crippen molar-refractivity contribution in [1.29, 1.82) is 0 Å². The molecule has 0 aliphatic carbocycles. The van der Waals surface area contributed by atoms with E-state index in [1.807, 2.05) is 12.1 Å². The Morgan fingerprint density at radius 3 is 2.62 bits per heavy atom. The number of aromatic nitrogens is 1. The summed E-state index contributed by atoms with van der Waals surface area (Å²) in [5.41, 5.74) is 8.77. The minimum Gasteiger partial charge on any atom is -0.492 e. The van der Waals surface area contributed by atoms with Crippen LogP contribution >= 0.6 is 11.6 Å². The smallest absolute Gasteiger partial charge is 0.123 e. The molecule has 0 aliphatic heterocycles. The third-order valence-electron chi connectivity index (χ3n) is 4.04. The van der Waals surface area contributed by atoms with Crippen molar-refractivity contribution in [2.45, 2.75) is 26.3 Å². The molecule has 2 aromatic carbocycles. The normalized spacial score (nSPS) is 11.1. The van der Waals surface area contributed by atoms with Crippen molar-refractivity contribution in [3.63, 3.8) is 0 Å². The van der Waals surface area contributed by atoms with E-state index in [1.54, 1.807) is 12.1 Å². The quantitative estimate of drug-likeness (QED) is 0.634. The number of nitrogens with two attached hydrogens (primary N) is 1. The SMILES string of the molecule is CCCc1cc2c(Cl)c(N)ccc2n1CCOc1ccc(F)cc1. The van der Waals surface area contributed by atoms with Crippen molar-refractivity contribution in [3.8, 4) is 5.75 Å². The van der Waals surface area contributed by atoms with Crippen molar-refractivity contribution in [3.05, 3.63) is 59.0 Å². The lowest BCUT2D eigenvalue weighted by Crippen LogP contribution is -2.10. The van der Waals surface area contributed by atoms with Gasteiger partial charge in [0.05, 0.1) is 17.3 Å². The number of aryl methyl sites for hydroxylation is 1. The maximum atomic E-state index is 12.9. The number of hydrogen-bond acceptors (Lipinski definition) is 2. The first-order valence-corrected chi connectivity index (χ1v) is 8.42. The summed E-state index contributed by atoms with van der Waals surface area (Å²) in [6.45, 7) is 3.33. The van der Waals surface area contributed by atoms with Crippen molar-refractivity contribution in [2.75, 3.05) is 12.3 Å². The average molecular weight is 347 g/mol. The van der Waals surface area contributed by atoms with Gasteiger partial charge < -0.3 is 15.0 Å². The highest BCUT2D eigenvalue weighted by Gasteiger charge is 2.12. The molecule has 1 heterocycles. The van der Waals surface area contributed by atoms with Crippen molar-refractivity contribution < 1.29 is 9.13 Å². The van der Waals surface area contributed by atoms with Crippen LogP contribution in [-0.2, 0) is 13.0 Å². The molecule has 0 bridgehead atoms. The number of rotatable bonds is 6. The van der Waals surface area contributed by atoms with E-state index in [0.29, 0.717) is 29.6 Å². The predicted octanol–water partition coefficient (Wildman–Crippen LogP) is 5.05. The maximum absolute atomic E-state index is 12.9. The van der Waals surface area contributed by atoms with Crippen LogP contribution in [-0.4, -0.2) is 11.2 Å². The average Bonchev–Trinajstić information content (AvgIpc) is 2.92. The maximum Gasteiger partial charge on any atom is 0.123 e. The molecular weight excluding hydrogens is 327 g/mol. The van der Waals surface area contributed by atoms with Crippen LogP contribution in [0, 0.1) is 5.82 Å². The number of ether oxygens (including phenoxy) is 1. The minimum absolute atomic E-state index is 0.267. The molecule has 1 aromatic heterocycles. The summed E-state index contributed by atoms with van der Waals surface area (Å²) < 4.78 is 20.9. The first-order chi connectivity index (χ1) is 11.6. The summed E-state index contributed by atoms with van der Waals surface area (Å²) in [6.07, 6.45) is 2.00. The largest absolute Gasteiger partial charge is 0.492 e. The van der Waals surface area contributed by atoms with Crippen molar-refractivity contribution in [1.82, 2.24) is 4.57 Å². The highest BCUT2D eigenvalue weighted by Crippen LogP contribution is 2.32. The van der Waals surface area contributed by atoms with E-state index in [9.17, 15) is 4.39 Å². The molecule has 3 aromatic rings. The Kier molecular flexibility index (Phi) is 4.95. The Morgan fingerprint density at radius 1 is 1.17 bits per heavy atom. The molecule has 0 aliphatic rings. The standard InChI is InChI=1S/C19H20ClFN2O/c1-2-3-14-12-16-18(9-8-17(22)19(16)20)23(14)10-11-24-15-6-4-13(21)5-7-15/h4-9,12H,2-3,10-11,22H2,1H3. The lowest BCUT2D eigenvalue weighted by molar-refractivity contribution is 0.298. The van der Waals surface area contributed by atoms with Crippen LogP contribution in [0.4, 0.5) is 10.1 Å². The van der Waals surface area contributed by atoms with E-state index >= 15 is 0 Å². The molecule has 0 radical (unpaired) electrons. The molecule has 0 fully saturated rings. The monoisotopic (exact) mass is 346 g/mol. The molecule has 3 rings (SSSR count). The Balaban J connectivity index is 1.83. The van der Waals surface area contributed by atoms with Gasteiger partial charge >= 0.3 is 0 Å². The fourth-order valence-electron chi connectivity index (χ4n) is 2.88. The van der Waals surface area contributed by atoms with Crippen LogP contribution in [0.25, 0.3) is 10.9 Å². The summed E-state index contributed by atoms with van der Waals surface area (Å²) >= 11 is 6.35. The first kappa shape index (κ1) is 16.7. The van der Waals surface area contributed by atoms with E-state index in [4.69, 9.17) is 22.1 Å². The van der Waals surface area contributed by atoms with Gasteiger partial charge in [-0.3, -0.25) is 0 Å². The molecule has 0 spiro atoms. The fraction of sp³-hybridized carbons (Fsp3) is 0.263. The number of anilines is 1. The zero-order chi connectivity index (χ0) is 17.1. The van der Waals surface area contributed by atoms with Crippen LogP contribution in [0.1, 0.15) is 19.0 Å². The van der Waals surface area contributed by atoms with Gasteiger partial charge in [-0.15, -0.1) is 0 Å². The second-order valence-electron chi connectivity index (χ2n) is 5.74. The molecular formula is C19H20ClFN2O. The van der Waals surface area contributed by atoms with Crippen molar-refractivity contribution >= 4 is 28.2 Å². The third kappa shape index (κ3) is 3.34. The number of halogens is 2. The molecule has 0 atom stereocenters. The van der Waals surface area contributed by atoms with Crippen LogP contribution in [0.2, 0.25) is 5.02 Å². The van der Waals surface area contributed by atoms with Gasteiger partial charge in [0.25, 0.3) is 0 Å². The van der Waals surface area contributed by atoms with Gasteiger partial charge in [-0.05, 0) is 48.9 Å². The Labute approximate surface area is 145 Å². The van der Waals surface area contributed by atoms with E-state index in [1.165, 1.54) is 17.8 Å². The zero-order valence-corrected chi connectivity index (χ0v) is 14.3. The number of nitrogen functional groups attached to an aromatic ring is 1. The summed E-state index contributed by atoms with van der Waals surface area (Å²) in [5, 5.41) is 1.57. The molecule has 0 unspecified atom stereocenters. The highest BCUT2D eigenvalue weighted by atomic mass is 35.5. The summed E-state index contributed by atoms with van der Waals surface area (Å²) in [7, 11) is 0. The van der Waals surface area contributed by atoms with Crippen LogP contribution in [0.15, 0.2) is 42.5 Å². The molecule has 5 heteroatoms. The third-order valence-corrected chi connectivity index (χ3v) is 4.46. The van der Waals surface area contributed by atoms with Gasteiger partial charge in [-0.25, -0.2) is 4.39 Å². The second kappa shape index (κ2) is 7.14. The predicted molar refractivity (Wildman–Crippen MR) is 97.3 cm³/mol. The summed E-state index contributed by atoms with van der Waals surface area (Å²) in [6, 6.07) is 12.0. The van der Waals surface area contributed by atoms with Gasteiger partial charge in [-0.2, -0.15) is 0 Å². The molecule has 0 amide bonds. The molecule has 0 saturated carbocycles. The summed E-state index contributed by atoms with van der Waals surface area (Å²) in [4.78, 5) is 0. The fourth-order valence-corrected chi connectivity index (χ4v) is 3.10. The Hall–Kier alpha value is -2.20. The second-order valence-corrected chi connectivity index (χ2v) is 6.12. The Morgan fingerprint density at radius 2 is 1.92 bits per heavy atom. The number of hydrogen-bond donors (Lipinski definition) is 1. The van der Waals surface area contributed by atoms with Crippen LogP contribution < -0.4 is 10.5 Å². The number of nitrogens with zero attached hydrogens (tertiary/aromatic N) is 1. The van der Waals surface area contributed by atoms with Gasteiger partial charge in [-0.1, -0.05) is 24.9 Å². The lowest BCUT2D eigenvalue weighted by Gasteiger charge is -2.12. The van der Waals surface area contributed by atoms with E-state index in [-0.39, 0.29) is 5.82 Å². The van der Waals surface area contributed by atoms with E-state index < -0.39 is 0 Å². The van der Waals surface area contributed by atoms with E-state index in [2.05, 4.69) is 17.6 Å². The Bertz CT molecular complexity index is 843. The van der Waals surface area contributed by atoms with Gasteiger partial charge in [0.15, 0.2) is 0 Å². The minimum atomic E-state index is -0.267. The molecule has 24 heavy (non-hydrogen) atoms. The van der Waals surface area contributed by atoms with Crippen LogP contribution in [0.3, 0.4) is 0 Å². The lowest BCUT2D eigenvalue weighted by atomic mass is 10.2. The topological polar surface area (TPSA) is 40.2 Å². The van der Waals surface area contributed by atoms with Crippen LogP contribution in [0.5, 0.6) is 5.75 Å². The molecule has 126 valence electrons. The van der Waals surface area contributed by atoms with Gasteiger partial charge in [0, 0.05) is 16.6 Å².